The van der Waals surface area contributed by atoms with Crippen LogP contribution in [-0.2, 0) is 0 Å². The Kier molecular flexibility index (Phi) is 7.29. The first-order valence-electron chi connectivity index (χ1n) is 10.2. The van der Waals surface area contributed by atoms with Crippen molar-refractivity contribution in [3.63, 3.8) is 0 Å². The first-order valence-corrected chi connectivity index (χ1v) is 12.2. The van der Waals surface area contributed by atoms with Crippen LogP contribution >= 0.6 is 46.1 Å². The maximum atomic E-state index is 13.1. The summed E-state index contributed by atoms with van der Waals surface area (Å²) in [6.45, 7) is 2.53. The zero-order valence-electron chi connectivity index (χ0n) is 17.1. The van der Waals surface area contributed by atoms with Gasteiger partial charge in [0.2, 0.25) is 0 Å². The first-order chi connectivity index (χ1) is 15.0. The lowest BCUT2D eigenvalue weighted by atomic mass is 10.0. The average Bonchev–Trinajstić information content (AvgIpc) is 3.11. The SMILES string of the molecule is COc1ccc(C(CNC(=O)c2sc3cc(Cl)cc(Cl)c3c2Cl)N2CCCCC2)cc1. The molecule has 1 aliphatic heterocycles. The van der Waals surface area contributed by atoms with Crippen molar-refractivity contribution < 1.29 is 9.53 Å². The van der Waals surface area contributed by atoms with Gasteiger partial charge in [0.05, 0.1) is 23.2 Å². The maximum absolute atomic E-state index is 13.1. The maximum Gasteiger partial charge on any atom is 0.262 e. The predicted octanol–water partition coefficient (Wildman–Crippen LogP) is 6.83. The van der Waals surface area contributed by atoms with Crippen LogP contribution in [0.1, 0.15) is 40.5 Å². The topological polar surface area (TPSA) is 41.6 Å². The monoisotopic (exact) mass is 496 g/mol. The van der Waals surface area contributed by atoms with E-state index in [1.165, 1.54) is 30.6 Å². The van der Waals surface area contributed by atoms with Crippen molar-refractivity contribution in [1.82, 2.24) is 10.2 Å². The number of likely N-dealkylation sites (tertiary alicyclic amines) is 1. The molecule has 2 heterocycles. The lowest BCUT2D eigenvalue weighted by Crippen LogP contribution is -2.40. The minimum atomic E-state index is -0.200. The number of methoxy groups -OCH3 is 1. The van der Waals surface area contributed by atoms with Crippen LogP contribution in [0, 0.1) is 0 Å². The molecule has 1 amide bonds. The third-order valence-corrected chi connectivity index (χ3v) is 7.79. The number of amides is 1. The fourth-order valence-corrected chi connectivity index (χ4v) is 6.34. The normalized spacial score (nSPS) is 15.7. The number of hydrogen-bond donors (Lipinski definition) is 1. The number of rotatable bonds is 6. The van der Waals surface area contributed by atoms with Crippen LogP contribution in [0.15, 0.2) is 36.4 Å². The minimum Gasteiger partial charge on any atom is -0.497 e. The second-order valence-corrected chi connectivity index (χ2v) is 9.88. The van der Waals surface area contributed by atoms with Crippen LogP contribution in [0.25, 0.3) is 10.1 Å². The van der Waals surface area contributed by atoms with Gasteiger partial charge < -0.3 is 10.1 Å². The lowest BCUT2D eigenvalue weighted by molar-refractivity contribution is 0.0928. The summed E-state index contributed by atoms with van der Waals surface area (Å²) < 4.78 is 6.09. The Balaban J connectivity index is 1.56. The second kappa shape index (κ2) is 9.97. The molecule has 31 heavy (non-hydrogen) atoms. The van der Waals surface area contributed by atoms with Gasteiger partial charge >= 0.3 is 0 Å². The quantitative estimate of drug-likeness (QED) is 0.406. The van der Waals surface area contributed by atoms with Gasteiger partial charge in [-0.25, -0.2) is 0 Å². The molecule has 1 atom stereocenters. The van der Waals surface area contributed by atoms with Crippen molar-refractivity contribution in [2.75, 3.05) is 26.7 Å². The van der Waals surface area contributed by atoms with E-state index in [-0.39, 0.29) is 11.9 Å². The molecule has 0 radical (unpaired) electrons. The second-order valence-electron chi connectivity index (χ2n) is 7.60. The number of piperidine rings is 1. The van der Waals surface area contributed by atoms with E-state index in [1.807, 2.05) is 12.1 Å². The van der Waals surface area contributed by atoms with Crippen LogP contribution in [0.2, 0.25) is 15.1 Å². The molecule has 1 aromatic heterocycles. The van der Waals surface area contributed by atoms with Crippen molar-refractivity contribution in [2.45, 2.75) is 25.3 Å². The highest BCUT2D eigenvalue weighted by atomic mass is 35.5. The highest BCUT2D eigenvalue weighted by molar-refractivity contribution is 7.21. The number of nitrogens with one attached hydrogen (secondary N) is 1. The molecule has 1 saturated heterocycles. The predicted molar refractivity (Wildman–Crippen MR) is 130 cm³/mol. The Labute approximate surface area is 201 Å². The molecule has 1 fully saturated rings. The van der Waals surface area contributed by atoms with E-state index in [0.29, 0.717) is 31.9 Å². The Morgan fingerprint density at radius 1 is 1.13 bits per heavy atom. The summed E-state index contributed by atoms with van der Waals surface area (Å²) >= 11 is 20.2. The summed E-state index contributed by atoms with van der Waals surface area (Å²) in [6.07, 6.45) is 3.59. The Morgan fingerprint density at radius 3 is 2.52 bits per heavy atom. The van der Waals surface area contributed by atoms with Gasteiger partial charge in [0, 0.05) is 21.7 Å². The van der Waals surface area contributed by atoms with Crippen molar-refractivity contribution in [3.8, 4) is 5.75 Å². The van der Waals surface area contributed by atoms with E-state index < -0.39 is 0 Å². The van der Waals surface area contributed by atoms with Gasteiger partial charge in [-0.1, -0.05) is 53.4 Å². The molecule has 0 spiro atoms. The number of ether oxygens (including phenoxy) is 1. The average molecular weight is 498 g/mol. The molecule has 2 aromatic carbocycles. The number of carbonyl (C=O) groups is 1. The smallest absolute Gasteiger partial charge is 0.262 e. The molecule has 0 bridgehead atoms. The zero-order chi connectivity index (χ0) is 22.0. The van der Waals surface area contributed by atoms with E-state index in [1.54, 1.807) is 19.2 Å². The molecule has 8 heteroatoms. The molecule has 1 aliphatic rings. The van der Waals surface area contributed by atoms with Gasteiger partial charge in [-0.05, 0) is 55.8 Å². The summed E-state index contributed by atoms with van der Waals surface area (Å²) in [5, 5.41) is 5.11. The van der Waals surface area contributed by atoms with E-state index in [9.17, 15) is 4.79 Å². The first kappa shape index (κ1) is 22.7. The summed E-state index contributed by atoms with van der Waals surface area (Å²) in [4.78, 5) is 15.9. The fraction of sp³-hybridized carbons (Fsp3) is 0.348. The number of benzene rings is 2. The van der Waals surface area contributed by atoms with Gasteiger partial charge in [-0.15, -0.1) is 11.3 Å². The van der Waals surface area contributed by atoms with Crippen molar-refractivity contribution in [3.05, 3.63) is 61.9 Å². The van der Waals surface area contributed by atoms with E-state index >= 15 is 0 Å². The van der Waals surface area contributed by atoms with Crippen LogP contribution in [0.4, 0.5) is 0 Å². The molecule has 4 rings (SSSR count). The standard InChI is InChI=1S/C23H23Cl3N2O2S/c1-30-16-7-5-14(6-8-16)18(28-9-3-2-4-10-28)13-27-23(29)22-21(26)20-17(25)11-15(24)12-19(20)31-22/h5-8,11-12,18H,2-4,9-10,13H2,1H3,(H,27,29). The Morgan fingerprint density at radius 2 is 1.84 bits per heavy atom. The van der Waals surface area contributed by atoms with Gasteiger partial charge in [-0.3, -0.25) is 9.69 Å². The van der Waals surface area contributed by atoms with Crippen LogP contribution < -0.4 is 10.1 Å². The number of carbonyl (C=O) groups excluding carboxylic acids is 1. The third-order valence-electron chi connectivity index (χ3n) is 5.64. The summed E-state index contributed by atoms with van der Waals surface area (Å²) in [5.41, 5.74) is 1.15. The summed E-state index contributed by atoms with van der Waals surface area (Å²) in [7, 11) is 1.66. The fourth-order valence-electron chi connectivity index (χ4n) is 4.04. The third kappa shape index (κ3) is 4.96. The summed E-state index contributed by atoms with van der Waals surface area (Å²) in [6, 6.07) is 11.6. The molecule has 3 aromatic rings. The van der Waals surface area contributed by atoms with E-state index in [2.05, 4.69) is 22.3 Å². The van der Waals surface area contributed by atoms with Gasteiger partial charge in [-0.2, -0.15) is 0 Å². The number of halogens is 3. The Hall–Kier alpha value is -1.50. The highest BCUT2D eigenvalue weighted by Gasteiger charge is 2.25. The van der Waals surface area contributed by atoms with Crippen LogP contribution in [-0.4, -0.2) is 37.6 Å². The molecule has 164 valence electrons. The minimum absolute atomic E-state index is 0.0846. The van der Waals surface area contributed by atoms with Crippen molar-refractivity contribution in [2.24, 2.45) is 0 Å². The number of nitrogens with zero attached hydrogens (tertiary/aromatic N) is 1. The van der Waals surface area contributed by atoms with Crippen LogP contribution in [0.5, 0.6) is 5.75 Å². The number of hydrogen-bond acceptors (Lipinski definition) is 4. The van der Waals surface area contributed by atoms with Gasteiger partial charge in [0.25, 0.3) is 5.91 Å². The van der Waals surface area contributed by atoms with Gasteiger partial charge in [0.15, 0.2) is 0 Å². The molecular formula is C23H23Cl3N2O2S. The summed E-state index contributed by atoms with van der Waals surface area (Å²) in [5.74, 6) is 0.617. The molecule has 4 nitrogen and oxygen atoms in total. The number of thiophene rings is 1. The molecule has 1 N–H and O–H groups in total. The Bertz CT molecular complexity index is 1080. The van der Waals surface area contributed by atoms with Gasteiger partial charge in [0.1, 0.15) is 10.6 Å². The highest BCUT2D eigenvalue weighted by Crippen LogP contribution is 2.41. The molecule has 0 saturated carbocycles. The van der Waals surface area contributed by atoms with Crippen molar-refractivity contribution in [1.29, 1.82) is 0 Å². The number of fused-ring (bicyclic) bond motifs is 1. The van der Waals surface area contributed by atoms with Crippen molar-refractivity contribution >= 4 is 62.1 Å². The molecule has 0 aliphatic carbocycles. The lowest BCUT2D eigenvalue weighted by Gasteiger charge is -2.35. The molecular weight excluding hydrogens is 475 g/mol. The molecule has 1 unspecified atom stereocenters. The van der Waals surface area contributed by atoms with E-state index in [4.69, 9.17) is 39.5 Å². The van der Waals surface area contributed by atoms with Crippen LogP contribution in [0.3, 0.4) is 0 Å². The van der Waals surface area contributed by atoms with E-state index in [0.717, 1.165) is 29.1 Å². The zero-order valence-corrected chi connectivity index (χ0v) is 20.2. The largest absolute Gasteiger partial charge is 0.497 e.